The van der Waals surface area contributed by atoms with Gasteiger partial charge in [-0.2, -0.15) is 0 Å². The normalized spacial score (nSPS) is 21.2. The lowest BCUT2D eigenvalue weighted by Crippen LogP contribution is -2.56. The number of rotatable bonds is 14. The number of methoxy groups -OCH3 is 1. The highest BCUT2D eigenvalue weighted by atomic mass is 127. The summed E-state index contributed by atoms with van der Waals surface area (Å²) < 4.78 is 18.0. The van der Waals surface area contributed by atoms with Gasteiger partial charge in [0.2, 0.25) is 11.8 Å². The fourth-order valence-electron chi connectivity index (χ4n) is 5.24. The van der Waals surface area contributed by atoms with Crippen LogP contribution in [0.15, 0.2) is 23.8 Å². The number of benzene rings is 1. The van der Waals surface area contributed by atoms with Crippen LogP contribution in [-0.2, 0) is 14.3 Å². The Morgan fingerprint density at radius 1 is 1.25 bits per heavy atom. The van der Waals surface area contributed by atoms with E-state index < -0.39 is 24.2 Å². The molecule has 0 bridgehead atoms. The third-order valence-electron chi connectivity index (χ3n) is 7.24. The minimum atomic E-state index is -1.14. The quantitative estimate of drug-likeness (QED) is 0.156. The first-order chi connectivity index (χ1) is 19.2. The van der Waals surface area contributed by atoms with Gasteiger partial charge in [0.1, 0.15) is 18.5 Å². The lowest BCUT2D eigenvalue weighted by molar-refractivity contribution is -0.143. The molecule has 3 unspecified atom stereocenters. The van der Waals surface area contributed by atoms with Crippen LogP contribution in [0.3, 0.4) is 0 Å². The van der Waals surface area contributed by atoms with Crippen LogP contribution < -0.4 is 14.8 Å². The molecule has 3 atom stereocenters. The van der Waals surface area contributed by atoms with Crippen LogP contribution in [0, 0.1) is 9.49 Å². The summed E-state index contributed by atoms with van der Waals surface area (Å²) >= 11 is 2.03. The third-order valence-corrected chi connectivity index (χ3v) is 8.04. The number of nitrogens with one attached hydrogen (secondary N) is 1. The number of carbonyl (C=O) groups is 3. The van der Waals surface area contributed by atoms with Crippen molar-refractivity contribution in [3.05, 3.63) is 32.9 Å². The molecule has 222 valence electrons. The van der Waals surface area contributed by atoms with Crippen LogP contribution in [0.1, 0.15) is 62.7 Å². The zero-order valence-corrected chi connectivity index (χ0v) is 25.6. The molecule has 3 rings (SSSR count). The van der Waals surface area contributed by atoms with Crippen LogP contribution in [0.5, 0.6) is 11.5 Å². The van der Waals surface area contributed by atoms with Crippen molar-refractivity contribution >= 4 is 40.7 Å². The van der Waals surface area contributed by atoms with Crippen molar-refractivity contribution in [3.63, 3.8) is 0 Å². The molecule has 3 N–H and O–H groups in total. The number of aliphatic hydroxyl groups excluding tert-OH is 2. The number of hydrogen-bond acceptors (Lipinski definition) is 8. The second-order valence-electron chi connectivity index (χ2n) is 10.5. The molecule has 1 aromatic rings. The lowest BCUT2D eigenvalue weighted by atomic mass is 9.87. The summed E-state index contributed by atoms with van der Waals surface area (Å²) in [6.45, 7) is 4.60. The molecule has 2 amide bonds. The number of nitrogens with zero attached hydrogens (tertiary/aromatic N) is 1. The van der Waals surface area contributed by atoms with E-state index in [0.29, 0.717) is 52.1 Å². The Kier molecular flexibility index (Phi) is 12.7. The average Bonchev–Trinajstić information content (AvgIpc) is 3.48. The maximum atomic E-state index is 13.8. The minimum absolute atomic E-state index is 0.0237. The smallest absolute Gasteiger partial charge is 0.247 e. The molecule has 1 fully saturated rings. The van der Waals surface area contributed by atoms with Gasteiger partial charge in [0.15, 0.2) is 11.5 Å². The topological polar surface area (TPSA) is 135 Å². The molecular formula is C29H41IN2O8. The molecule has 0 saturated heterocycles. The molecule has 0 aliphatic heterocycles. The summed E-state index contributed by atoms with van der Waals surface area (Å²) in [5, 5.41) is 23.6. The number of aldehydes is 1. The third kappa shape index (κ3) is 8.40. The second-order valence-corrected chi connectivity index (χ2v) is 11.6. The summed E-state index contributed by atoms with van der Waals surface area (Å²) in [6.07, 6.45) is 4.52. The van der Waals surface area contributed by atoms with Crippen LogP contribution in [0.4, 0.5) is 0 Å². The molecule has 40 heavy (non-hydrogen) atoms. The van der Waals surface area contributed by atoms with E-state index in [1.165, 1.54) is 7.11 Å². The van der Waals surface area contributed by atoms with Gasteiger partial charge in [-0.25, -0.2) is 0 Å². The van der Waals surface area contributed by atoms with Gasteiger partial charge in [-0.1, -0.05) is 12.8 Å². The van der Waals surface area contributed by atoms with Crippen molar-refractivity contribution in [3.8, 4) is 11.5 Å². The Morgan fingerprint density at radius 3 is 2.60 bits per heavy atom. The highest BCUT2D eigenvalue weighted by Gasteiger charge is 2.42. The van der Waals surface area contributed by atoms with Gasteiger partial charge in [-0.15, -0.1) is 0 Å². The molecule has 1 aromatic carbocycles. The number of amides is 2. The van der Waals surface area contributed by atoms with E-state index in [9.17, 15) is 24.6 Å². The first-order valence-electron chi connectivity index (χ1n) is 13.9. The van der Waals surface area contributed by atoms with Gasteiger partial charge in [0.05, 0.1) is 29.4 Å². The summed E-state index contributed by atoms with van der Waals surface area (Å²) in [5.41, 5.74) is 0.766. The van der Waals surface area contributed by atoms with E-state index >= 15 is 0 Å². The number of carbonyl (C=O) groups excluding carboxylic acids is 3. The van der Waals surface area contributed by atoms with E-state index in [2.05, 4.69) is 5.32 Å². The predicted molar refractivity (Wildman–Crippen MR) is 157 cm³/mol. The Bertz CT molecular complexity index is 1060. The number of ether oxygens (including phenoxy) is 3. The number of aliphatic hydroxyl groups is 2. The van der Waals surface area contributed by atoms with Crippen LogP contribution in [0.25, 0.3) is 0 Å². The molecule has 0 spiro atoms. The van der Waals surface area contributed by atoms with Gasteiger partial charge in [-0.05, 0) is 73.9 Å². The van der Waals surface area contributed by atoms with E-state index in [0.717, 1.165) is 25.7 Å². The first kappa shape index (κ1) is 32.3. The number of halogens is 1. The Hall–Kier alpha value is -2.22. The Morgan fingerprint density at radius 2 is 1.98 bits per heavy atom. The van der Waals surface area contributed by atoms with Crippen molar-refractivity contribution in [1.82, 2.24) is 10.2 Å². The van der Waals surface area contributed by atoms with Crippen molar-refractivity contribution in [2.75, 3.05) is 33.4 Å². The molecule has 0 radical (unpaired) electrons. The summed E-state index contributed by atoms with van der Waals surface area (Å²) in [7, 11) is 1.46. The van der Waals surface area contributed by atoms with Crippen molar-refractivity contribution in [2.24, 2.45) is 5.92 Å². The molecule has 10 nitrogen and oxygen atoms in total. The fraction of sp³-hybridized carbons (Fsp3) is 0.621. The van der Waals surface area contributed by atoms with Crippen molar-refractivity contribution in [1.29, 1.82) is 0 Å². The van der Waals surface area contributed by atoms with E-state index in [1.807, 2.05) is 36.4 Å². The van der Waals surface area contributed by atoms with E-state index in [4.69, 9.17) is 14.2 Å². The van der Waals surface area contributed by atoms with Crippen LogP contribution >= 0.6 is 22.6 Å². The average molecular weight is 673 g/mol. The zero-order valence-electron chi connectivity index (χ0n) is 23.4. The van der Waals surface area contributed by atoms with Gasteiger partial charge in [-0.3, -0.25) is 14.4 Å². The van der Waals surface area contributed by atoms with Crippen molar-refractivity contribution < 1.29 is 38.8 Å². The van der Waals surface area contributed by atoms with Crippen LogP contribution in [0.2, 0.25) is 0 Å². The molecule has 0 heterocycles. The molecule has 2 aliphatic rings. The predicted octanol–water partition coefficient (Wildman–Crippen LogP) is 2.86. The highest BCUT2D eigenvalue weighted by molar-refractivity contribution is 14.1. The molecule has 2 aliphatic carbocycles. The van der Waals surface area contributed by atoms with Gasteiger partial charge in [0, 0.05) is 43.2 Å². The maximum absolute atomic E-state index is 13.8. The van der Waals surface area contributed by atoms with Gasteiger partial charge < -0.3 is 34.6 Å². The van der Waals surface area contributed by atoms with Gasteiger partial charge >= 0.3 is 0 Å². The van der Waals surface area contributed by atoms with Gasteiger partial charge in [0.25, 0.3) is 0 Å². The Balaban J connectivity index is 1.96. The molecule has 11 heteroatoms. The summed E-state index contributed by atoms with van der Waals surface area (Å²) in [6, 6.07) is 2.47. The van der Waals surface area contributed by atoms with Crippen LogP contribution in [-0.4, -0.2) is 91.0 Å². The van der Waals surface area contributed by atoms with Crippen molar-refractivity contribution in [2.45, 2.75) is 76.7 Å². The number of hydrogen-bond donors (Lipinski definition) is 3. The fourth-order valence-corrected chi connectivity index (χ4v) is 5.99. The minimum Gasteiger partial charge on any atom is -0.493 e. The van der Waals surface area contributed by atoms with E-state index in [1.54, 1.807) is 23.1 Å². The Labute approximate surface area is 249 Å². The summed E-state index contributed by atoms with van der Waals surface area (Å²) in [4.78, 5) is 39.9. The monoisotopic (exact) mass is 672 g/mol. The summed E-state index contributed by atoms with van der Waals surface area (Å²) in [5.74, 6) is 0.0989. The second kappa shape index (κ2) is 15.7. The lowest BCUT2D eigenvalue weighted by Gasteiger charge is -2.41. The molecule has 0 aromatic heterocycles. The maximum Gasteiger partial charge on any atom is 0.247 e. The molecule has 1 saturated carbocycles. The standard InChI is InChI=1S/C29H41IN2O8/c1-18(2)39-12-6-10-32(29(37)20-7-4-5-8-20)23-15-21(28(36)31-9-11-33)16-24(26(23)35)40-27-22(30)13-19(17-34)14-25(27)38-3/h13-14,16-18,20,23-24,26,33,35H,4-12,15H2,1-3H3,(H,31,36). The SMILES string of the molecule is COc1cc(C=O)cc(I)c1OC1C=C(C(=O)NCCO)CC(N(CCCOC(C)C)C(=O)C2CCCC2)C1O. The largest absolute Gasteiger partial charge is 0.493 e. The van der Waals surface area contributed by atoms with E-state index in [-0.39, 0.29) is 37.5 Å². The highest BCUT2D eigenvalue weighted by Crippen LogP contribution is 2.37. The molecular weight excluding hydrogens is 631 g/mol. The zero-order chi connectivity index (χ0) is 29.2. The first-order valence-corrected chi connectivity index (χ1v) is 15.0.